The zero-order chi connectivity index (χ0) is 34.8. The van der Waals surface area contributed by atoms with Gasteiger partial charge >= 0.3 is 18.2 Å². The van der Waals surface area contributed by atoms with E-state index in [9.17, 15) is 24.0 Å². The van der Waals surface area contributed by atoms with Crippen molar-refractivity contribution >= 4 is 41.6 Å². The Kier molecular flexibility index (Phi) is 11.3. The van der Waals surface area contributed by atoms with Crippen molar-refractivity contribution < 1.29 is 42.9 Å². The lowest BCUT2D eigenvalue weighted by Crippen LogP contribution is -2.49. The highest BCUT2D eigenvalue weighted by Crippen LogP contribution is 2.32. The highest BCUT2D eigenvalue weighted by Gasteiger charge is 2.35. The molecule has 252 valence electrons. The van der Waals surface area contributed by atoms with E-state index < -0.39 is 60.1 Å². The molecule has 0 fully saturated rings. The second kappa shape index (κ2) is 15.6. The maximum absolute atomic E-state index is 13.1. The monoisotopic (exact) mass is 659 g/mol. The predicted molar refractivity (Wildman–Crippen MR) is 173 cm³/mol. The first-order valence-electron chi connectivity index (χ1n) is 15.0. The first kappa shape index (κ1) is 34.9. The summed E-state index contributed by atoms with van der Waals surface area (Å²) in [7, 11) is 0. The molecule has 0 saturated carbocycles. The Morgan fingerprint density at radius 3 is 2.12 bits per heavy atom. The van der Waals surface area contributed by atoms with Gasteiger partial charge in [-0.05, 0) is 49.6 Å². The van der Waals surface area contributed by atoms with Crippen molar-refractivity contribution in [1.82, 2.24) is 10.2 Å². The lowest BCUT2D eigenvalue weighted by molar-refractivity contribution is -0.147. The number of carbonyl (C=O) groups is 5. The minimum absolute atomic E-state index is 0.00777. The van der Waals surface area contributed by atoms with Gasteiger partial charge in [0.1, 0.15) is 30.6 Å². The van der Waals surface area contributed by atoms with Crippen molar-refractivity contribution in [2.45, 2.75) is 64.6 Å². The minimum atomic E-state index is -1.35. The van der Waals surface area contributed by atoms with Crippen molar-refractivity contribution in [3.8, 4) is 5.75 Å². The standard InChI is InChI=1S/C34H37N5O9/c1-34(2,3)48-32(43)38-25(30(42)45-19-21-10-6-4-7-11-21)17-23-14-15-26-24(16-23)37-29(41)27(47-26)18-28(40)39(31(35)36)33(44)46-20-22-12-8-5-9-13-22/h4-16,25,27H,17-20H2,1-3H3,(H3,35,36)(H,37,41)(H,38,43)/t25-,27?/m0/s1. The van der Waals surface area contributed by atoms with Crippen LogP contribution in [0.2, 0.25) is 0 Å². The Balaban J connectivity index is 1.42. The molecule has 5 N–H and O–H groups in total. The molecule has 0 aliphatic carbocycles. The lowest BCUT2D eigenvalue weighted by Gasteiger charge is -2.27. The summed E-state index contributed by atoms with van der Waals surface area (Å²) in [5.74, 6) is -3.04. The zero-order valence-corrected chi connectivity index (χ0v) is 26.7. The largest absolute Gasteiger partial charge is 0.478 e. The molecular weight excluding hydrogens is 622 g/mol. The molecule has 14 nitrogen and oxygen atoms in total. The molecule has 0 saturated heterocycles. The maximum atomic E-state index is 13.1. The number of carbonyl (C=O) groups excluding carboxylic acids is 5. The number of nitrogens with one attached hydrogen (secondary N) is 3. The number of hydrogen-bond acceptors (Lipinski definition) is 10. The molecule has 3 aromatic carbocycles. The van der Waals surface area contributed by atoms with Crippen LogP contribution in [0.15, 0.2) is 78.9 Å². The topological polar surface area (TPSA) is 199 Å². The number of benzene rings is 3. The van der Waals surface area contributed by atoms with Crippen LogP contribution in [0, 0.1) is 5.41 Å². The first-order chi connectivity index (χ1) is 22.8. The molecule has 1 aliphatic heterocycles. The van der Waals surface area contributed by atoms with Crippen LogP contribution in [0.25, 0.3) is 0 Å². The van der Waals surface area contributed by atoms with Crippen LogP contribution in [0.1, 0.15) is 43.9 Å². The number of fused-ring (bicyclic) bond motifs is 1. The third kappa shape index (κ3) is 10.0. The molecule has 48 heavy (non-hydrogen) atoms. The van der Waals surface area contributed by atoms with Gasteiger partial charge in [0, 0.05) is 6.42 Å². The van der Waals surface area contributed by atoms with Gasteiger partial charge in [-0.2, -0.15) is 4.90 Å². The number of anilines is 1. The summed E-state index contributed by atoms with van der Waals surface area (Å²) in [6.07, 6.45) is -3.97. The molecule has 14 heteroatoms. The number of hydrogen-bond donors (Lipinski definition) is 4. The van der Waals surface area contributed by atoms with Gasteiger partial charge in [0.05, 0.1) is 12.1 Å². The van der Waals surface area contributed by atoms with Crippen LogP contribution in [0.4, 0.5) is 15.3 Å². The average molecular weight is 660 g/mol. The summed E-state index contributed by atoms with van der Waals surface area (Å²) < 4.78 is 21.7. The quantitative estimate of drug-likeness (QED) is 0.107. The number of nitrogens with two attached hydrogens (primary N) is 1. The Bertz CT molecular complexity index is 1660. The minimum Gasteiger partial charge on any atom is -0.478 e. The van der Waals surface area contributed by atoms with Crippen molar-refractivity contribution in [1.29, 1.82) is 5.41 Å². The highest BCUT2D eigenvalue weighted by atomic mass is 16.6. The van der Waals surface area contributed by atoms with E-state index >= 15 is 0 Å². The zero-order valence-electron chi connectivity index (χ0n) is 26.7. The number of guanidine groups is 1. The first-order valence-corrected chi connectivity index (χ1v) is 15.0. The fourth-order valence-corrected chi connectivity index (χ4v) is 4.54. The normalized spacial score (nSPS) is 14.2. The van der Waals surface area contributed by atoms with E-state index in [2.05, 4.69) is 10.6 Å². The van der Waals surface area contributed by atoms with E-state index in [1.807, 2.05) is 18.2 Å². The molecule has 0 radical (unpaired) electrons. The second-order valence-electron chi connectivity index (χ2n) is 11.8. The molecule has 4 amide bonds. The molecule has 0 bridgehead atoms. The van der Waals surface area contributed by atoms with Gasteiger partial charge in [0.15, 0.2) is 6.10 Å². The smallest absolute Gasteiger partial charge is 0.423 e. The van der Waals surface area contributed by atoms with Gasteiger partial charge in [0.25, 0.3) is 5.91 Å². The van der Waals surface area contributed by atoms with Gasteiger partial charge < -0.3 is 35.3 Å². The molecule has 1 heterocycles. The molecular formula is C34H37N5O9. The molecule has 1 unspecified atom stereocenters. The van der Waals surface area contributed by atoms with E-state index in [0.717, 1.165) is 5.56 Å². The van der Waals surface area contributed by atoms with Gasteiger partial charge in [0.2, 0.25) is 11.9 Å². The predicted octanol–water partition coefficient (Wildman–Crippen LogP) is 4.01. The maximum Gasteiger partial charge on any atom is 0.423 e. The molecule has 2 atom stereocenters. The second-order valence-corrected chi connectivity index (χ2v) is 11.8. The fourth-order valence-electron chi connectivity index (χ4n) is 4.54. The van der Waals surface area contributed by atoms with Crippen molar-refractivity contribution in [3.63, 3.8) is 0 Å². The molecule has 1 aliphatic rings. The fraction of sp³-hybridized carbons (Fsp3) is 0.294. The van der Waals surface area contributed by atoms with Gasteiger partial charge in [-0.15, -0.1) is 0 Å². The summed E-state index contributed by atoms with van der Waals surface area (Å²) in [5, 5.41) is 12.9. The number of alkyl carbamates (subject to hydrolysis) is 1. The van der Waals surface area contributed by atoms with E-state index in [4.69, 9.17) is 30.1 Å². The summed E-state index contributed by atoms with van der Waals surface area (Å²) in [4.78, 5) is 64.5. The van der Waals surface area contributed by atoms with Crippen LogP contribution in [-0.2, 0) is 48.2 Å². The van der Waals surface area contributed by atoms with Crippen LogP contribution < -0.4 is 21.1 Å². The van der Waals surface area contributed by atoms with Crippen LogP contribution in [0.5, 0.6) is 5.75 Å². The third-order valence-electron chi connectivity index (χ3n) is 6.74. The Labute approximate surface area is 277 Å². The van der Waals surface area contributed by atoms with E-state index in [1.54, 1.807) is 75.4 Å². The highest BCUT2D eigenvalue weighted by molar-refractivity contribution is 6.10. The lowest BCUT2D eigenvalue weighted by atomic mass is 10.0. The van der Waals surface area contributed by atoms with Crippen molar-refractivity contribution in [2.24, 2.45) is 5.73 Å². The van der Waals surface area contributed by atoms with Crippen LogP contribution in [-0.4, -0.2) is 58.6 Å². The Morgan fingerprint density at radius 1 is 0.938 bits per heavy atom. The Hall–Kier alpha value is -5.92. The van der Waals surface area contributed by atoms with E-state index in [1.165, 1.54) is 6.07 Å². The summed E-state index contributed by atoms with van der Waals surface area (Å²) in [6, 6.07) is 21.3. The van der Waals surface area contributed by atoms with Gasteiger partial charge in [-0.3, -0.25) is 15.0 Å². The number of rotatable bonds is 10. The Morgan fingerprint density at radius 2 is 1.54 bits per heavy atom. The summed E-state index contributed by atoms with van der Waals surface area (Å²) >= 11 is 0. The van der Waals surface area contributed by atoms with Crippen molar-refractivity contribution in [2.75, 3.05) is 5.32 Å². The van der Waals surface area contributed by atoms with Crippen LogP contribution in [0.3, 0.4) is 0 Å². The number of amides is 4. The SMILES string of the molecule is CC(C)(C)OC(=O)N[C@@H](Cc1ccc2c(c1)NC(=O)C(CC(=O)N(C(=N)N)C(=O)OCc1ccccc1)O2)C(=O)OCc1ccccc1. The third-order valence-corrected chi connectivity index (χ3v) is 6.74. The van der Waals surface area contributed by atoms with Gasteiger partial charge in [-0.1, -0.05) is 66.7 Å². The summed E-state index contributed by atoms with van der Waals surface area (Å²) in [5.41, 5.74) is 6.89. The number of imide groups is 1. The average Bonchev–Trinajstić information content (AvgIpc) is 3.02. The van der Waals surface area contributed by atoms with Gasteiger partial charge in [-0.25, -0.2) is 14.4 Å². The van der Waals surface area contributed by atoms with Crippen LogP contribution >= 0.6 is 0 Å². The van der Waals surface area contributed by atoms with E-state index in [-0.39, 0.29) is 31.1 Å². The number of esters is 1. The molecule has 0 aromatic heterocycles. The summed E-state index contributed by atoms with van der Waals surface area (Å²) in [6.45, 7) is 4.91. The van der Waals surface area contributed by atoms with E-state index in [0.29, 0.717) is 16.0 Å². The molecule has 0 spiro atoms. The molecule has 3 aromatic rings. The molecule has 4 rings (SSSR count). The van der Waals surface area contributed by atoms with Crippen molar-refractivity contribution in [3.05, 3.63) is 95.6 Å². The number of ether oxygens (including phenoxy) is 4. The number of nitrogens with zero attached hydrogens (tertiary/aromatic N) is 1.